The van der Waals surface area contributed by atoms with Gasteiger partial charge in [0, 0.05) is 27.7 Å². The van der Waals surface area contributed by atoms with E-state index in [-0.39, 0.29) is 0 Å². The molecule has 0 atom stereocenters. The van der Waals surface area contributed by atoms with Crippen LogP contribution in [0.2, 0.25) is 0 Å². The van der Waals surface area contributed by atoms with Crippen molar-refractivity contribution < 1.29 is 4.42 Å². The number of hydrogen-bond donors (Lipinski definition) is 0. The molecule has 0 fully saturated rings. The highest BCUT2D eigenvalue weighted by molar-refractivity contribution is 7.20. The largest absolute Gasteiger partial charge is 0.456 e. The second-order valence-corrected chi connectivity index (χ2v) is 15.2. The Morgan fingerprint density at radius 2 is 1.00 bits per heavy atom. The SMILES string of the molecule is c1ccc([Si](c2ccccc2)(c2ccc3c4ccccc4c4cccnc4c3c2)c2cccc3c2oc2ccccc23)cc1. The summed E-state index contributed by atoms with van der Waals surface area (Å²) >= 11 is 0. The molecule has 3 heteroatoms. The molecule has 2 nitrogen and oxygen atoms in total. The van der Waals surface area contributed by atoms with Crippen LogP contribution >= 0.6 is 0 Å². The predicted octanol–water partition coefficient (Wildman–Crippen LogP) is 7.82. The normalized spacial score (nSPS) is 12.1. The smallest absolute Gasteiger partial charge is 0.184 e. The van der Waals surface area contributed by atoms with Gasteiger partial charge in [-0.05, 0) is 49.0 Å². The maximum atomic E-state index is 6.79. The maximum Gasteiger partial charge on any atom is 0.184 e. The molecule has 0 unspecified atom stereocenters. The Labute approximate surface area is 255 Å². The van der Waals surface area contributed by atoms with Crippen LogP contribution < -0.4 is 20.7 Å². The lowest BCUT2D eigenvalue weighted by molar-refractivity contribution is 0.671. The number of rotatable bonds is 4. The number of fused-ring (bicyclic) bond motifs is 9. The number of aromatic nitrogens is 1. The van der Waals surface area contributed by atoms with Gasteiger partial charge in [-0.2, -0.15) is 0 Å². The van der Waals surface area contributed by atoms with Gasteiger partial charge in [0.1, 0.15) is 11.2 Å². The van der Waals surface area contributed by atoms with Gasteiger partial charge >= 0.3 is 0 Å². The lowest BCUT2D eigenvalue weighted by Crippen LogP contribution is -2.74. The molecule has 0 N–H and O–H groups in total. The Balaban J connectivity index is 1.49. The standard InChI is InChI=1S/C41H27NOSi/c1-3-13-28(14-4-1)44(29-15-5-2-6-16-29,39-23-11-20-36-34-19-9-10-22-38(34)43-41(36)39)30-24-25-33-31-17-7-8-18-32(31)35-21-12-26-42-40(35)37(33)27-30/h1-27H. The average molecular weight is 578 g/mol. The molecule has 0 saturated heterocycles. The van der Waals surface area contributed by atoms with Crippen LogP contribution in [0.4, 0.5) is 0 Å². The average Bonchev–Trinajstić information content (AvgIpc) is 3.49. The number of pyridine rings is 1. The highest BCUT2D eigenvalue weighted by atomic mass is 28.3. The summed E-state index contributed by atoms with van der Waals surface area (Å²) in [6, 6.07) is 57.3. The van der Waals surface area contributed by atoms with Crippen molar-refractivity contribution in [2.75, 3.05) is 0 Å². The van der Waals surface area contributed by atoms with Crippen LogP contribution in [0.15, 0.2) is 168 Å². The van der Waals surface area contributed by atoms with Crippen LogP contribution in [0, 0.1) is 0 Å². The fourth-order valence-corrected chi connectivity index (χ4v) is 12.3. The van der Waals surface area contributed by atoms with E-state index in [1.54, 1.807) is 0 Å². The number of nitrogens with zero attached hydrogens (tertiary/aromatic N) is 1. The third kappa shape index (κ3) is 3.51. The molecular formula is C41H27NOSi. The van der Waals surface area contributed by atoms with Crippen molar-refractivity contribution in [1.82, 2.24) is 4.98 Å². The number of hydrogen-bond acceptors (Lipinski definition) is 2. The van der Waals surface area contributed by atoms with E-state index in [0.717, 1.165) is 27.5 Å². The topological polar surface area (TPSA) is 26.0 Å². The van der Waals surface area contributed by atoms with E-state index in [2.05, 4.69) is 152 Å². The van der Waals surface area contributed by atoms with Crippen molar-refractivity contribution in [1.29, 1.82) is 0 Å². The Bertz CT molecular complexity index is 2420. The second kappa shape index (κ2) is 9.77. The van der Waals surface area contributed by atoms with Crippen molar-refractivity contribution in [3.8, 4) is 0 Å². The minimum Gasteiger partial charge on any atom is -0.456 e. The van der Waals surface area contributed by atoms with E-state index in [1.807, 2.05) is 12.3 Å². The lowest BCUT2D eigenvalue weighted by atomic mass is 9.97. The van der Waals surface area contributed by atoms with Gasteiger partial charge in [0.05, 0.1) is 5.52 Å². The molecule has 206 valence electrons. The van der Waals surface area contributed by atoms with Gasteiger partial charge in [-0.3, -0.25) is 4.98 Å². The van der Waals surface area contributed by atoms with Gasteiger partial charge in [-0.1, -0.05) is 146 Å². The van der Waals surface area contributed by atoms with E-state index in [4.69, 9.17) is 9.40 Å². The van der Waals surface area contributed by atoms with Gasteiger partial charge in [0.25, 0.3) is 0 Å². The molecule has 2 heterocycles. The van der Waals surface area contributed by atoms with Crippen LogP contribution in [0.1, 0.15) is 0 Å². The molecule has 0 amide bonds. The minimum absolute atomic E-state index is 0.916. The molecular weight excluding hydrogens is 551 g/mol. The first-order chi connectivity index (χ1) is 21.8. The van der Waals surface area contributed by atoms with E-state index < -0.39 is 8.07 Å². The molecule has 0 aliphatic rings. The number of benzene rings is 7. The first-order valence-corrected chi connectivity index (χ1v) is 17.1. The van der Waals surface area contributed by atoms with Crippen LogP contribution in [-0.4, -0.2) is 13.1 Å². The van der Waals surface area contributed by atoms with E-state index in [1.165, 1.54) is 47.7 Å². The molecule has 9 aromatic rings. The minimum atomic E-state index is -2.92. The molecule has 0 aliphatic heterocycles. The molecule has 0 spiro atoms. The highest BCUT2D eigenvalue weighted by Crippen LogP contribution is 2.34. The molecule has 0 bridgehead atoms. The van der Waals surface area contributed by atoms with Crippen molar-refractivity contribution in [3.63, 3.8) is 0 Å². The molecule has 2 aromatic heterocycles. The second-order valence-electron chi connectivity index (χ2n) is 11.5. The third-order valence-corrected chi connectivity index (χ3v) is 14.0. The van der Waals surface area contributed by atoms with Gasteiger partial charge in [-0.25, -0.2) is 0 Å². The molecule has 44 heavy (non-hydrogen) atoms. The molecule has 0 radical (unpaired) electrons. The Hall–Kier alpha value is -5.51. The Kier molecular flexibility index (Phi) is 5.55. The summed E-state index contributed by atoms with van der Waals surface area (Å²) in [4.78, 5) is 4.98. The van der Waals surface area contributed by atoms with Crippen molar-refractivity contribution in [2.45, 2.75) is 0 Å². The zero-order valence-corrected chi connectivity index (χ0v) is 24.9. The summed E-state index contributed by atoms with van der Waals surface area (Å²) < 4.78 is 6.79. The first kappa shape index (κ1) is 25.0. The van der Waals surface area contributed by atoms with Gasteiger partial charge in [0.2, 0.25) is 0 Å². The van der Waals surface area contributed by atoms with Gasteiger partial charge in [-0.15, -0.1) is 0 Å². The number of para-hydroxylation sites is 2. The van der Waals surface area contributed by atoms with Crippen LogP contribution in [0.5, 0.6) is 0 Å². The Morgan fingerprint density at radius 3 is 1.75 bits per heavy atom. The molecule has 0 aliphatic carbocycles. The molecule has 9 rings (SSSR count). The first-order valence-electron chi connectivity index (χ1n) is 15.1. The summed E-state index contributed by atoms with van der Waals surface area (Å²) in [6.07, 6.45) is 1.91. The van der Waals surface area contributed by atoms with E-state index >= 15 is 0 Å². The molecule has 7 aromatic carbocycles. The lowest BCUT2D eigenvalue weighted by Gasteiger charge is -2.34. The van der Waals surface area contributed by atoms with Crippen LogP contribution in [-0.2, 0) is 0 Å². The Morgan fingerprint density at radius 1 is 0.409 bits per heavy atom. The third-order valence-electron chi connectivity index (χ3n) is 9.24. The number of furan rings is 1. The van der Waals surface area contributed by atoms with Crippen molar-refractivity contribution >= 4 is 83.2 Å². The zero-order valence-electron chi connectivity index (χ0n) is 23.9. The quantitative estimate of drug-likeness (QED) is 0.121. The zero-order chi connectivity index (χ0) is 29.1. The summed E-state index contributed by atoms with van der Waals surface area (Å²) in [6.45, 7) is 0. The van der Waals surface area contributed by atoms with Crippen LogP contribution in [0.25, 0.3) is 54.4 Å². The van der Waals surface area contributed by atoms with Gasteiger partial charge < -0.3 is 4.42 Å². The summed E-state index contributed by atoms with van der Waals surface area (Å²) in [5.74, 6) is 0. The maximum absolute atomic E-state index is 6.79. The van der Waals surface area contributed by atoms with E-state index in [9.17, 15) is 0 Å². The van der Waals surface area contributed by atoms with Crippen molar-refractivity contribution in [3.05, 3.63) is 164 Å². The van der Waals surface area contributed by atoms with E-state index in [0.29, 0.717) is 0 Å². The molecule has 0 saturated carbocycles. The monoisotopic (exact) mass is 577 g/mol. The highest BCUT2D eigenvalue weighted by Gasteiger charge is 2.43. The fourth-order valence-electron chi connectivity index (χ4n) is 7.38. The van der Waals surface area contributed by atoms with Crippen LogP contribution in [0.3, 0.4) is 0 Å². The summed E-state index contributed by atoms with van der Waals surface area (Å²) in [5, 5.41) is 13.6. The van der Waals surface area contributed by atoms with Gasteiger partial charge in [0.15, 0.2) is 8.07 Å². The summed E-state index contributed by atoms with van der Waals surface area (Å²) in [7, 11) is -2.92. The predicted molar refractivity (Wildman–Crippen MR) is 188 cm³/mol. The summed E-state index contributed by atoms with van der Waals surface area (Å²) in [5.41, 5.74) is 2.92. The van der Waals surface area contributed by atoms with Crippen molar-refractivity contribution in [2.24, 2.45) is 0 Å². The fraction of sp³-hybridized carbons (Fsp3) is 0.